The molecule has 28 heavy (non-hydrogen) atoms. The summed E-state index contributed by atoms with van der Waals surface area (Å²) in [5.74, 6) is 0.997. The van der Waals surface area contributed by atoms with Crippen molar-refractivity contribution in [3.8, 4) is 11.4 Å². The van der Waals surface area contributed by atoms with Crippen LogP contribution in [0.25, 0.3) is 22.3 Å². The number of rotatable bonds is 5. The zero-order chi connectivity index (χ0) is 19.7. The third-order valence-corrected chi connectivity index (χ3v) is 4.60. The number of aromatic amines is 1. The second-order valence-corrected chi connectivity index (χ2v) is 7.10. The van der Waals surface area contributed by atoms with E-state index in [1.807, 2.05) is 37.1 Å². The van der Waals surface area contributed by atoms with Gasteiger partial charge in [0.1, 0.15) is 0 Å². The van der Waals surface area contributed by atoms with Crippen molar-refractivity contribution in [2.24, 2.45) is 0 Å². The van der Waals surface area contributed by atoms with E-state index in [9.17, 15) is 4.79 Å². The second kappa shape index (κ2) is 7.36. The Morgan fingerprint density at radius 1 is 1.18 bits per heavy atom. The van der Waals surface area contributed by atoms with E-state index in [1.54, 1.807) is 12.4 Å². The zero-order valence-corrected chi connectivity index (χ0v) is 16.1. The molecular formula is C21H21N5O2. The van der Waals surface area contributed by atoms with Crippen LogP contribution in [0.1, 0.15) is 22.6 Å². The molecule has 0 aliphatic carbocycles. The highest BCUT2D eigenvalue weighted by molar-refractivity contribution is 5.82. The molecule has 142 valence electrons. The van der Waals surface area contributed by atoms with Gasteiger partial charge in [0.05, 0.1) is 12.1 Å². The van der Waals surface area contributed by atoms with Crippen LogP contribution in [0.3, 0.4) is 0 Å². The minimum absolute atomic E-state index is 0.0760. The lowest BCUT2D eigenvalue weighted by atomic mass is 10.1. The van der Waals surface area contributed by atoms with Crippen molar-refractivity contribution in [1.29, 1.82) is 0 Å². The van der Waals surface area contributed by atoms with Gasteiger partial charge in [-0.25, -0.2) is 0 Å². The molecule has 1 aromatic carbocycles. The highest BCUT2D eigenvalue weighted by Crippen LogP contribution is 2.19. The van der Waals surface area contributed by atoms with Crippen molar-refractivity contribution in [1.82, 2.24) is 25.0 Å². The number of hydrogen-bond donors (Lipinski definition) is 1. The van der Waals surface area contributed by atoms with Crippen LogP contribution in [0, 0.1) is 13.8 Å². The van der Waals surface area contributed by atoms with Gasteiger partial charge in [0.15, 0.2) is 0 Å². The fourth-order valence-electron chi connectivity index (χ4n) is 3.36. The second-order valence-electron chi connectivity index (χ2n) is 7.10. The van der Waals surface area contributed by atoms with E-state index >= 15 is 0 Å². The molecule has 0 bridgehead atoms. The molecule has 0 radical (unpaired) electrons. The van der Waals surface area contributed by atoms with Gasteiger partial charge in [0, 0.05) is 30.1 Å². The normalized spacial score (nSPS) is 11.4. The van der Waals surface area contributed by atoms with Gasteiger partial charge in [-0.2, -0.15) is 4.98 Å². The van der Waals surface area contributed by atoms with Gasteiger partial charge in [-0.3, -0.25) is 14.7 Å². The molecule has 7 nitrogen and oxygen atoms in total. The molecule has 0 saturated carbocycles. The van der Waals surface area contributed by atoms with Crippen LogP contribution in [0.4, 0.5) is 0 Å². The molecule has 0 amide bonds. The van der Waals surface area contributed by atoms with E-state index in [-0.39, 0.29) is 5.56 Å². The minimum atomic E-state index is -0.0760. The fraction of sp³-hybridized carbons (Fsp3) is 0.238. The van der Waals surface area contributed by atoms with E-state index in [2.05, 4.69) is 39.2 Å². The van der Waals surface area contributed by atoms with Gasteiger partial charge < -0.3 is 9.51 Å². The van der Waals surface area contributed by atoms with Crippen molar-refractivity contribution in [3.63, 3.8) is 0 Å². The number of benzene rings is 1. The quantitative estimate of drug-likeness (QED) is 0.576. The van der Waals surface area contributed by atoms with E-state index in [4.69, 9.17) is 4.52 Å². The first-order chi connectivity index (χ1) is 13.5. The van der Waals surface area contributed by atoms with Crippen LogP contribution < -0.4 is 5.56 Å². The highest BCUT2D eigenvalue weighted by atomic mass is 16.5. The summed E-state index contributed by atoms with van der Waals surface area (Å²) in [6.07, 6.45) is 3.39. The molecule has 0 spiro atoms. The van der Waals surface area contributed by atoms with Gasteiger partial charge in [0.2, 0.25) is 11.7 Å². The Balaban J connectivity index is 1.52. The molecule has 3 aromatic heterocycles. The molecule has 0 aliphatic rings. The van der Waals surface area contributed by atoms with Crippen molar-refractivity contribution < 1.29 is 4.52 Å². The first-order valence-corrected chi connectivity index (χ1v) is 9.04. The zero-order valence-electron chi connectivity index (χ0n) is 16.1. The molecule has 0 saturated heterocycles. The fourth-order valence-corrected chi connectivity index (χ4v) is 3.36. The molecule has 4 aromatic rings. The Labute approximate surface area is 162 Å². The number of pyridine rings is 2. The predicted octanol–water partition coefficient (Wildman–Crippen LogP) is 3.22. The number of fused-ring (bicyclic) bond motifs is 1. The predicted molar refractivity (Wildman–Crippen MR) is 107 cm³/mol. The van der Waals surface area contributed by atoms with Crippen LogP contribution in [0.5, 0.6) is 0 Å². The molecule has 0 fully saturated rings. The first kappa shape index (κ1) is 18.1. The van der Waals surface area contributed by atoms with E-state index in [1.165, 1.54) is 5.56 Å². The summed E-state index contributed by atoms with van der Waals surface area (Å²) in [5.41, 5.74) is 4.56. The summed E-state index contributed by atoms with van der Waals surface area (Å²) in [7, 11) is 1.92. The van der Waals surface area contributed by atoms with Gasteiger partial charge in [-0.1, -0.05) is 16.8 Å². The maximum atomic E-state index is 12.5. The van der Waals surface area contributed by atoms with Gasteiger partial charge >= 0.3 is 0 Å². The van der Waals surface area contributed by atoms with Gasteiger partial charge in [-0.05, 0) is 56.1 Å². The first-order valence-electron chi connectivity index (χ1n) is 9.04. The van der Waals surface area contributed by atoms with Crippen LogP contribution in [-0.2, 0) is 13.1 Å². The smallest absolute Gasteiger partial charge is 0.252 e. The molecular weight excluding hydrogens is 354 g/mol. The number of H-pyrrole nitrogens is 1. The topological polar surface area (TPSA) is 87.9 Å². The SMILES string of the molecule is Cc1cc(C)c2[nH]c(=O)c(CN(C)Cc3nc(-c4cccnc4)no3)cc2c1. The summed E-state index contributed by atoms with van der Waals surface area (Å²) >= 11 is 0. The number of nitrogens with zero attached hydrogens (tertiary/aromatic N) is 4. The number of hydrogen-bond acceptors (Lipinski definition) is 6. The molecule has 0 aliphatic heterocycles. The monoisotopic (exact) mass is 375 g/mol. The molecule has 3 heterocycles. The lowest BCUT2D eigenvalue weighted by Gasteiger charge is -2.14. The maximum Gasteiger partial charge on any atom is 0.252 e. The van der Waals surface area contributed by atoms with Crippen LogP contribution in [0.2, 0.25) is 0 Å². The summed E-state index contributed by atoms with van der Waals surface area (Å²) in [4.78, 5) is 26.0. The van der Waals surface area contributed by atoms with Crippen LogP contribution >= 0.6 is 0 Å². The average molecular weight is 375 g/mol. The van der Waals surface area contributed by atoms with E-state index in [0.29, 0.717) is 30.4 Å². The number of aryl methyl sites for hydroxylation is 2. The number of aromatic nitrogens is 4. The van der Waals surface area contributed by atoms with Crippen molar-refractivity contribution >= 4 is 10.9 Å². The minimum Gasteiger partial charge on any atom is -0.338 e. The molecule has 0 unspecified atom stereocenters. The van der Waals surface area contributed by atoms with E-state index in [0.717, 1.165) is 22.0 Å². The summed E-state index contributed by atoms with van der Waals surface area (Å²) in [5, 5.41) is 5.04. The standard InChI is InChI=1S/C21H21N5O2/c1-13-7-14(2)19-16(8-13)9-17(21(27)24-19)11-26(3)12-18-23-20(25-28-18)15-5-4-6-22-10-15/h4-10H,11-12H2,1-3H3,(H,24,27). The molecule has 0 atom stereocenters. The Bertz CT molecular complexity index is 1180. The lowest BCUT2D eigenvalue weighted by Crippen LogP contribution is -2.23. The third-order valence-electron chi connectivity index (χ3n) is 4.60. The summed E-state index contributed by atoms with van der Waals surface area (Å²) in [6, 6.07) is 9.82. The average Bonchev–Trinajstić information content (AvgIpc) is 3.12. The Kier molecular flexibility index (Phi) is 4.75. The maximum absolute atomic E-state index is 12.5. The lowest BCUT2D eigenvalue weighted by molar-refractivity contribution is 0.260. The van der Waals surface area contributed by atoms with Gasteiger partial charge in [0.25, 0.3) is 5.56 Å². The Morgan fingerprint density at radius 2 is 2.04 bits per heavy atom. The molecule has 1 N–H and O–H groups in total. The number of nitrogens with one attached hydrogen (secondary N) is 1. The highest BCUT2D eigenvalue weighted by Gasteiger charge is 2.13. The summed E-state index contributed by atoms with van der Waals surface area (Å²) < 4.78 is 5.34. The molecule has 4 rings (SSSR count). The third kappa shape index (κ3) is 3.70. The summed E-state index contributed by atoms with van der Waals surface area (Å²) in [6.45, 7) is 4.98. The Morgan fingerprint density at radius 3 is 2.82 bits per heavy atom. The van der Waals surface area contributed by atoms with Crippen molar-refractivity contribution in [2.45, 2.75) is 26.9 Å². The van der Waals surface area contributed by atoms with E-state index < -0.39 is 0 Å². The van der Waals surface area contributed by atoms with Crippen LogP contribution in [0.15, 0.2) is 52.0 Å². The van der Waals surface area contributed by atoms with Crippen molar-refractivity contribution in [3.05, 3.63) is 75.7 Å². The largest absolute Gasteiger partial charge is 0.338 e. The van der Waals surface area contributed by atoms with Gasteiger partial charge in [-0.15, -0.1) is 0 Å². The Hall–Kier alpha value is -3.32. The molecule has 7 heteroatoms. The van der Waals surface area contributed by atoms with Crippen LogP contribution in [-0.4, -0.2) is 32.1 Å². The van der Waals surface area contributed by atoms with Crippen molar-refractivity contribution in [2.75, 3.05) is 7.05 Å².